The second kappa shape index (κ2) is 10.9. The largest absolute Gasteiger partial charge is 0.487 e. The van der Waals surface area contributed by atoms with Gasteiger partial charge in [-0.25, -0.2) is 8.78 Å². The van der Waals surface area contributed by atoms with Crippen molar-refractivity contribution >= 4 is 19.9 Å². The summed E-state index contributed by atoms with van der Waals surface area (Å²) in [6.07, 6.45) is 1.44. The molecule has 0 aromatic heterocycles. The Hall–Kier alpha value is -3.05. The van der Waals surface area contributed by atoms with E-state index in [-0.39, 0.29) is 53.5 Å². The average molecular weight is 528 g/mol. The number of nitrogens with zero attached hydrogens (tertiary/aromatic N) is 1. The lowest BCUT2D eigenvalue weighted by Crippen LogP contribution is -2.41. The second-order valence-corrected chi connectivity index (χ2v) is 14.4. The minimum atomic E-state index is -3.11. The zero-order chi connectivity index (χ0) is 26.7. The molecule has 0 radical (unpaired) electrons. The first-order valence-electron chi connectivity index (χ1n) is 11.3. The predicted molar refractivity (Wildman–Crippen MR) is 129 cm³/mol. The van der Waals surface area contributed by atoms with Crippen LogP contribution in [-0.4, -0.2) is 40.6 Å². The SMILES string of the molecule is CC(C)(C)[Si](C)(C)OCCOc1ccc(N2CC=C(Oc3ccc(F)c(F)c3)C2=O)cc1OC(F)F. The highest BCUT2D eigenvalue weighted by atomic mass is 28.4. The maximum atomic E-state index is 13.4. The number of hydrogen-bond acceptors (Lipinski definition) is 5. The molecule has 3 rings (SSSR count). The molecule has 0 saturated carbocycles. The van der Waals surface area contributed by atoms with Gasteiger partial charge in [-0.2, -0.15) is 8.78 Å². The van der Waals surface area contributed by atoms with Crippen LogP contribution < -0.4 is 19.1 Å². The number of anilines is 1. The van der Waals surface area contributed by atoms with Gasteiger partial charge in [-0.1, -0.05) is 20.8 Å². The van der Waals surface area contributed by atoms with E-state index in [4.69, 9.17) is 13.9 Å². The van der Waals surface area contributed by atoms with Crippen LogP contribution in [0.4, 0.5) is 23.2 Å². The van der Waals surface area contributed by atoms with Gasteiger partial charge in [0.15, 0.2) is 37.2 Å². The normalized spacial score (nSPS) is 14.3. The Morgan fingerprint density at radius 1 is 1.00 bits per heavy atom. The molecule has 0 fully saturated rings. The van der Waals surface area contributed by atoms with Gasteiger partial charge in [-0.05, 0) is 48.5 Å². The van der Waals surface area contributed by atoms with Crippen molar-refractivity contribution in [3.05, 3.63) is 59.9 Å². The van der Waals surface area contributed by atoms with Gasteiger partial charge in [0, 0.05) is 24.4 Å². The van der Waals surface area contributed by atoms with E-state index in [1.54, 1.807) is 0 Å². The van der Waals surface area contributed by atoms with Crippen molar-refractivity contribution in [1.82, 2.24) is 0 Å². The number of carbonyl (C=O) groups excluding carboxylic acids is 1. The molecule has 6 nitrogen and oxygen atoms in total. The number of amides is 1. The Balaban J connectivity index is 1.68. The lowest BCUT2D eigenvalue weighted by atomic mass is 10.2. The average Bonchev–Trinajstić information content (AvgIpc) is 3.13. The number of benzene rings is 2. The third-order valence-electron chi connectivity index (χ3n) is 6.10. The molecule has 2 aromatic carbocycles. The summed E-state index contributed by atoms with van der Waals surface area (Å²) in [6.45, 7) is 7.89. The van der Waals surface area contributed by atoms with Crippen molar-refractivity contribution < 1.29 is 41.0 Å². The number of carbonyl (C=O) groups is 1. The van der Waals surface area contributed by atoms with Crippen LogP contribution in [0.2, 0.25) is 18.1 Å². The number of alkyl halides is 2. The first-order valence-corrected chi connectivity index (χ1v) is 14.2. The molecule has 36 heavy (non-hydrogen) atoms. The van der Waals surface area contributed by atoms with Crippen LogP contribution >= 0.6 is 0 Å². The summed E-state index contributed by atoms with van der Waals surface area (Å²) in [7, 11) is -1.99. The Labute approximate surface area is 208 Å². The van der Waals surface area contributed by atoms with E-state index >= 15 is 0 Å². The van der Waals surface area contributed by atoms with Gasteiger partial charge < -0.3 is 23.5 Å². The molecule has 196 valence electrons. The zero-order valence-electron chi connectivity index (χ0n) is 20.7. The Kier molecular flexibility index (Phi) is 8.35. The third kappa shape index (κ3) is 6.58. The zero-order valence-corrected chi connectivity index (χ0v) is 21.7. The van der Waals surface area contributed by atoms with Crippen LogP contribution in [-0.2, 0) is 9.22 Å². The highest BCUT2D eigenvalue weighted by Crippen LogP contribution is 2.37. The van der Waals surface area contributed by atoms with Gasteiger partial charge >= 0.3 is 6.61 Å². The van der Waals surface area contributed by atoms with Crippen molar-refractivity contribution in [3.63, 3.8) is 0 Å². The molecule has 1 aliphatic rings. The monoisotopic (exact) mass is 527 g/mol. The molecule has 0 spiro atoms. The molecule has 11 heteroatoms. The number of ether oxygens (including phenoxy) is 3. The maximum Gasteiger partial charge on any atom is 0.387 e. The van der Waals surface area contributed by atoms with Gasteiger partial charge in [0.1, 0.15) is 12.4 Å². The number of rotatable bonds is 10. The summed E-state index contributed by atoms with van der Waals surface area (Å²) < 4.78 is 74.4. The van der Waals surface area contributed by atoms with E-state index in [0.29, 0.717) is 0 Å². The molecule has 0 saturated heterocycles. The van der Waals surface area contributed by atoms with E-state index in [1.165, 1.54) is 35.2 Å². The molecule has 0 bridgehead atoms. The van der Waals surface area contributed by atoms with E-state index < -0.39 is 32.5 Å². The van der Waals surface area contributed by atoms with Crippen molar-refractivity contribution in [1.29, 1.82) is 0 Å². The smallest absolute Gasteiger partial charge is 0.387 e. The molecule has 0 atom stereocenters. The van der Waals surface area contributed by atoms with E-state index in [9.17, 15) is 22.4 Å². The summed E-state index contributed by atoms with van der Waals surface area (Å²) >= 11 is 0. The van der Waals surface area contributed by atoms with Crippen LogP contribution in [0.15, 0.2) is 48.2 Å². The summed E-state index contributed by atoms with van der Waals surface area (Å²) in [4.78, 5) is 14.1. The summed E-state index contributed by atoms with van der Waals surface area (Å²) in [5.74, 6) is -3.07. The van der Waals surface area contributed by atoms with Gasteiger partial charge in [-0.15, -0.1) is 0 Å². The summed E-state index contributed by atoms with van der Waals surface area (Å²) in [5.41, 5.74) is 0.264. The summed E-state index contributed by atoms with van der Waals surface area (Å²) in [5, 5.41) is 0.0162. The first kappa shape index (κ1) is 27.5. The Morgan fingerprint density at radius 3 is 2.36 bits per heavy atom. The standard InChI is InChI=1S/C25H29F4NO5Si/c1-25(2,3)36(4,5)33-13-12-32-20-9-6-16(14-22(20)35-24(28)29)30-11-10-21(23(30)31)34-17-7-8-18(26)19(27)15-17/h6-10,14-15,24H,11-13H2,1-5H3. The fourth-order valence-corrected chi connectivity index (χ4v) is 4.12. The van der Waals surface area contributed by atoms with E-state index in [2.05, 4.69) is 38.6 Å². The highest BCUT2D eigenvalue weighted by Gasteiger charge is 2.37. The lowest BCUT2D eigenvalue weighted by molar-refractivity contribution is -0.116. The Morgan fingerprint density at radius 2 is 1.72 bits per heavy atom. The van der Waals surface area contributed by atoms with Crippen molar-refractivity contribution in [2.75, 3.05) is 24.7 Å². The molecule has 1 amide bonds. The van der Waals surface area contributed by atoms with Crippen molar-refractivity contribution in [3.8, 4) is 17.2 Å². The van der Waals surface area contributed by atoms with Gasteiger partial charge in [0.25, 0.3) is 5.91 Å². The minimum absolute atomic E-state index is 0.0162. The van der Waals surface area contributed by atoms with Crippen molar-refractivity contribution in [2.24, 2.45) is 0 Å². The molecule has 0 N–H and O–H groups in total. The lowest BCUT2D eigenvalue weighted by Gasteiger charge is -2.36. The predicted octanol–water partition coefficient (Wildman–Crippen LogP) is 6.28. The molecule has 1 heterocycles. The van der Waals surface area contributed by atoms with Crippen LogP contribution in [0.3, 0.4) is 0 Å². The molecule has 2 aromatic rings. The Bertz CT molecular complexity index is 1130. The highest BCUT2D eigenvalue weighted by molar-refractivity contribution is 6.74. The topological polar surface area (TPSA) is 57.2 Å². The van der Waals surface area contributed by atoms with Gasteiger partial charge in [0.05, 0.1) is 6.61 Å². The van der Waals surface area contributed by atoms with E-state index in [1.807, 2.05) is 0 Å². The van der Waals surface area contributed by atoms with Crippen LogP contribution in [0.1, 0.15) is 20.8 Å². The molecular formula is C25H29F4NO5Si. The van der Waals surface area contributed by atoms with Crippen LogP contribution in [0, 0.1) is 11.6 Å². The molecule has 0 aliphatic carbocycles. The summed E-state index contributed by atoms with van der Waals surface area (Å²) in [6, 6.07) is 7.11. The number of hydrogen-bond donors (Lipinski definition) is 0. The first-order chi connectivity index (χ1) is 16.8. The molecule has 1 aliphatic heterocycles. The fourth-order valence-electron chi connectivity index (χ4n) is 3.09. The third-order valence-corrected chi connectivity index (χ3v) is 10.6. The van der Waals surface area contributed by atoms with Gasteiger partial charge in [-0.3, -0.25) is 4.79 Å². The van der Waals surface area contributed by atoms with Crippen LogP contribution in [0.5, 0.6) is 17.2 Å². The molecular weight excluding hydrogens is 498 g/mol. The van der Waals surface area contributed by atoms with E-state index in [0.717, 1.165) is 12.1 Å². The van der Waals surface area contributed by atoms with Gasteiger partial charge in [0.2, 0.25) is 0 Å². The fraction of sp³-hybridized carbons (Fsp3) is 0.400. The maximum absolute atomic E-state index is 13.4. The quantitative estimate of drug-likeness (QED) is 0.207. The molecule has 0 unspecified atom stereocenters. The van der Waals surface area contributed by atoms with Crippen molar-refractivity contribution in [2.45, 2.75) is 45.5 Å². The minimum Gasteiger partial charge on any atom is -0.487 e. The second-order valence-electron chi connectivity index (χ2n) is 9.63. The number of halogens is 4. The van der Waals surface area contributed by atoms with Crippen LogP contribution in [0.25, 0.3) is 0 Å².